The molecule has 0 bridgehead atoms. The second-order valence-corrected chi connectivity index (χ2v) is 5.12. The number of ketones is 1. The topological polar surface area (TPSA) is 20.3 Å². The second kappa shape index (κ2) is 4.98. The van der Waals surface area contributed by atoms with Crippen LogP contribution in [0, 0.1) is 0 Å². The van der Waals surface area contributed by atoms with Crippen LogP contribution in [-0.2, 0) is 11.2 Å². The molecule has 0 atom stereocenters. The summed E-state index contributed by atoms with van der Waals surface area (Å²) in [7, 11) is 3.83. The molecule has 3 heteroatoms. The Hall–Kier alpha value is -0.860. The van der Waals surface area contributed by atoms with E-state index in [1.54, 1.807) is 0 Å². The summed E-state index contributed by atoms with van der Waals surface area (Å²) in [6.45, 7) is 3.87. The van der Waals surface area contributed by atoms with E-state index in [1.165, 1.54) is 0 Å². The highest BCUT2D eigenvalue weighted by molar-refractivity contribution is 6.30. The van der Waals surface area contributed by atoms with Crippen molar-refractivity contribution in [2.75, 3.05) is 14.1 Å². The summed E-state index contributed by atoms with van der Waals surface area (Å²) in [4.78, 5) is 14.0. The molecule has 1 aromatic rings. The molecule has 0 amide bonds. The van der Waals surface area contributed by atoms with Crippen LogP contribution in [-0.4, -0.2) is 30.3 Å². The normalized spacial score (nSPS) is 11.9. The Morgan fingerprint density at radius 2 is 1.75 bits per heavy atom. The van der Waals surface area contributed by atoms with Gasteiger partial charge in [0.15, 0.2) is 5.78 Å². The molecule has 16 heavy (non-hydrogen) atoms. The van der Waals surface area contributed by atoms with Crippen LogP contribution in [0.4, 0.5) is 0 Å². The van der Waals surface area contributed by atoms with Gasteiger partial charge in [0.25, 0.3) is 0 Å². The predicted octanol–water partition coefficient (Wildman–Crippen LogP) is 2.79. The van der Waals surface area contributed by atoms with E-state index in [4.69, 9.17) is 11.6 Å². The van der Waals surface area contributed by atoms with Crippen LogP contribution >= 0.6 is 11.6 Å². The first-order valence-electron chi connectivity index (χ1n) is 5.29. The molecule has 0 aliphatic carbocycles. The van der Waals surface area contributed by atoms with Crippen LogP contribution in [0.3, 0.4) is 0 Å². The lowest BCUT2D eigenvalue weighted by molar-refractivity contribution is -0.127. The van der Waals surface area contributed by atoms with Crippen molar-refractivity contribution >= 4 is 17.4 Å². The molecule has 0 aliphatic rings. The maximum absolute atomic E-state index is 12.1. The van der Waals surface area contributed by atoms with Crippen LogP contribution < -0.4 is 0 Å². The third kappa shape index (κ3) is 3.06. The van der Waals surface area contributed by atoms with Crippen molar-refractivity contribution in [2.24, 2.45) is 0 Å². The van der Waals surface area contributed by atoms with Gasteiger partial charge in [-0.05, 0) is 45.6 Å². The summed E-state index contributed by atoms with van der Waals surface area (Å²) in [6, 6.07) is 7.41. The summed E-state index contributed by atoms with van der Waals surface area (Å²) in [5.41, 5.74) is 0.573. The summed E-state index contributed by atoms with van der Waals surface area (Å²) in [6.07, 6.45) is 0.447. The molecular weight excluding hydrogens is 222 g/mol. The predicted molar refractivity (Wildman–Crippen MR) is 67.9 cm³/mol. The Balaban J connectivity index is 2.75. The number of hydrogen-bond acceptors (Lipinski definition) is 2. The van der Waals surface area contributed by atoms with Crippen molar-refractivity contribution in [2.45, 2.75) is 25.8 Å². The molecule has 0 spiro atoms. The van der Waals surface area contributed by atoms with E-state index in [-0.39, 0.29) is 5.78 Å². The van der Waals surface area contributed by atoms with Gasteiger partial charge in [0.05, 0.1) is 5.54 Å². The summed E-state index contributed by atoms with van der Waals surface area (Å²) < 4.78 is 0. The Kier molecular flexibility index (Phi) is 4.11. The number of nitrogens with zero attached hydrogens (tertiary/aromatic N) is 1. The zero-order chi connectivity index (χ0) is 12.3. The van der Waals surface area contributed by atoms with E-state index >= 15 is 0 Å². The molecule has 0 heterocycles. The van der Waals surface area contributed by atoms with Crippen LogP contribution in [0.15, 0.2) is 24.3 Å². The van der Waals surface area contributed by atoms with Crippen LogP contribution in [0.2, 0.25) is 5.02 Å². The standard InChI is InChI=1S/C13H18ClNO/c1-13(2,15(3)4)12(16)9-10-5-7-11(14)8-6-10/h5-8H,9H2,1-4H3. The Bertz CT molecular complexity index is 368. The molecule has 1 aromatic carbocycles. The highest BCUT2D eigenvalue weighted by Crippen LogP contribution is 2.16. The lowest BCUT2D eigenvalue weighted by Gasteiger charge is -2.30. The average molecular weight is 240 g/mol. The first-order chi connectivity index (χ1) is 7.34. The van der Waals surface area contributed by atoms with Gasteiger partial charge >= 0.3 is 0 Å². The van der Waals surface area contributed by atoms with Crippen molar-refractivity contribution in [3.63, 3.8) is 0 Å². The Morgan fingerprint density at radius 1 is 1.25 bits per heavy atom. The van der Waals surface area contributed by atoms with E-state index in [2.05, 4.69) is 0 Å². The molecular formula is C13H18ClNO. The number of Topliss-reactive ketones (excluding diaryl/α,β-unsaturated/α-hetero) is 1. The highest BCUT2D eigenvalue weighted by Gasteiger charge is 2.29. The third-order valence-corrected chi connectivity index (χ3v) is 3.33. The minimum Gasteiger partial charge on any atom is -0.298 e. The monoisotopic (exact) mass is 239 g/mol. The molecule has 0 fully saturated rings. The summed E-state index contributed by atoms with van der Waals surface area (Å²) in [5.74, 6) is 0.208. The van der Waals surface area contributed by atoms with Gasteiger partial charge in [0.2, 0.25) is 0 Å². The van der Waals surface area contributed by atoms with Crippen molar-refractivity contribution in [3.05, 3.63) is 34.9 Å². The fourth-order valence-corrected chi connectivity index (χ4v) is 1.38. The lowest BCUT2D eigenvalue weighted by Crippen LogP contribution is -2.46. The minimum atomic E-state index is -0.431. The van der Waals surface area contributed by atoms with Gasteiger partial charge in [-0.2, -0.15) is 0 Å². The van der Waals surface area contributed by atoms with Crippen molar-refractivity contribution in [1.29, 1.82) is 0 Å². The molecule has 0 N–H and O–H groups in total. The molecule has 2 nitrogen and oxygen atoms in total. The van der Waals surface area contributed by atoms with E-state index < -0.39 is 5.54 Å². The number of carbonyl (C=O) groups is 1. The number of benzene rings is 1. The fourth-order valence-electron chi connectivity index (χ4n) is 1.25. The summed E-state index contributed by atoms with van der Waals surface area (Å²) in [5, 5.41) is 0.697. The number of halogens is 1. The van der Waals surface area contributed by atoms with E-state index in [0.717, 1.165) is 5.56 Å². The van der Waals surface area contributed by atoms with Gasteiger partial charge in [-0.3, -0.25) is 9.69 Å². The molecule has 0 aromatic heterocycles. The van der Waals surface area contributed by atoms with Gasteiger partial charge in [-0.25, -0.2) is 0 Å². The van der Waals surface area contributed by atoms with Gasteiger partial charge in [0.1, 0.15) is 0 Å². The van der Waals surface area contributed by atoms with Crippen molar-refractivity contribution in [3.8, 4) is 0 Å². The van der Waals surface area contributed by atoms with Crippen molar-refractivity contribution < 1.29 is 4.79 Å². The van der Waals surface area contributed by atoms with E-state index in [1.807, 2.05) is 57.1 Å². The average Bonchev–Trinajstić information content (AvgIpc) is 2.21. The van der Waals surface area contributed by atoms with Gasteiger partial charge in [-0.1, -0.05) is 23.7 Å². The number of carbonyl (C=O) groups excluding carboxylic acids is 1. The van der Waals surface area contributed by atoms with Crippen molar-refractivity contribution in [1.82, 2.24) is 4.90 Å². The van der Waals surface area contributed by atoms with Gasteiger partial charge in [-0.15, -0.1) is 0 Å². The van der Waals surface area contributed by atoms with E-state index in [9.17, 15) is 4.79 Å². The van der Waals surface area contributed by atoms with Crippen LogP contribution in [0.1, 0.15) is 19.4 Å². The first-order valence-corrected chi connectivity index (χ1v) is 5.67. The SMILES string of the molecule is CN(C)C(C)(C)C(=O)Cc1ccc(Cl)cc1. The summed E-state index contributed by atoms with van der Waals surface area (Å²) >= 11 is 5.80. The molecule has 0 saturated carbocycles. The molecule has 0 aliphatic heterocycles. The second-order valence-electron chi connectivity index (χ2n) is 4.68. The number of likely N-dealkylation sites (N-methyl/N-ethyl adjacent to an activating group) is 1. The first kappa shape index (κ1) is 13.2. The molecule has 0 radical (unpaired) electrons. The maximum Gasteiger partial charge on any atom is 0.156 e. The Labute approximate surface area is 102 Å². The molecule has 0 saturated heterocycles. The number of rotatable bonds is 4. The molecule has 1 rings (SSSR count). The van der Waals surface area contributed by atoms with E-state index in [0.29, 0.717) is 11.4 Å². The highest BCUT2D eigenvalue weighted by atomic mass is 35.5. The molecule has 88 valence electrons. The lowest BCUT2D eigenvalue weighted by atomic mass is 9.92. The van der Waals surface area contributed by atoms with Gasteiger partial charge in [0, 0.05) is 11.4 Å². The number of hydrogen-bond donors (Lipinski definition) is 0. The smallest absolute Gasteiger partial charge is 0.156 e. The van der Waals surface area contributed by atoms with Crippen LogP contribution in [0.5, 0.6) is 0 Å². The fraction of sp³-hybridized carbons (Fsp3) is 0.462. The largest absolute Gasteiger partial charge is 0.298 e. The molecule has 0 unspecified atom stereocenters. The third-order valence-electron chi connectivity index (χ3n) is 3.08. The quantitative estimate of drug-likeness (QED) is 0.806. The Morgan fingerprint density at radius 3 is 2.19 bits per heavy atom. The van der Waals surface area contributed by atoms with Crippen LogP contribution in [0.25, 0.3) is 0 Å². The minimum absolute atomic E-state index is 0.208. The zero-order valence-electron chi connectivity index (χ0n) is 10.2. The van der Waals surface area contributed by atoms with Gasteiger partial charge < -0.3 is 0 Å². The maximum atomic E-state index is 12.1. The zero-order valence-corrected chi connectivity index (χ0v) is 11.0.